The maximum absolute atomic E-state index is 14.0. The third-order valence-electron chi connectivity index (χ3n) is 2.90. The van der Waals surface area contributed by atoms with Crippen LogP contribution >= 0.6 is 11.3 Å². The summed E-state index contributed by atoms with van der Waals surface area (Å²) in [7, 11) is 1.07. The van der Waals surface area contributed by atoms with E-state index in [4.69, 9.17) is 4.74 Å². The second kappa shape index (κ2) is 8.47. The summed E-state index contributed by atoms with van der Waals surface area (Å²) in [6.07, 6.45) is 0.854. The van der Waals surface area contributed by atoms with Crippen LogP contribution in [-0.4, -0.2) is 30.9 Å². The van der Waals surface area contributed by atoms with Gasteiger partial charge in [-0.25, -0.2) is 18.2 Å². The normalized spacial score (nSPS) is 10.9. The van der Waals surface area contributed by atoms with Crippen LogP contribution in [0.2, 0.25) is 0 Å². The molecule has 0 radical (unpaired) electrons. The summed E-state index contributed by atoms with van der Waals surface area (Å²) in [5.41, 5.74) is 2.40. The average Bonchev–Trinajstić information content (AvgIpc) is 2.98. The van der Waals surface area contributed by atoms with Crippen molar-refractivity contribution in [1.82, 2.24) is 4.98 Å². The smallest absolute Gasteiger partial charge is 0.311 e. The van der Waals surface area contributed by atoms with Crippen LogP contribution in [0.15, 0.2) is 16.5 Å². The Labute approximate surface area is 145 Å². The maximum Gasteiger partial charge on any atom is 0.311 e. The molecule has 1 aromatic carbocycles. The highest BCUT2D eigenvalue weighted by Gasteiger charge is 2.18. The maximum atomic E-state index is 14.0. The molecule has 0 unspecified atom stereocenters. The average molecular weight is 373 g/mol. The molecular weight excluding hydrogens is 359 g/mol. The molecule has 0 fully saturated rings. The van der Waals surface area contributed by atoms with Crippen LogP contribution in [-0.2, 0) is 16.0 Å². The van der Waals surface area contributed by atoms with Crippen LogP contribution in [0.4, 0.5) is 18.3 Å². The van der Waals surface area contributed by atoms with E-state index in [0.29, 0.717) is 16.9 Å². The van der Waals surface area contributed by atoms with Gasteiger partial charge in [0, 0.05) is 11.4 Å². The van der Waals surface area contributed by atoms with Gasteiger partial charge in [-0.05, 0) is 6.92 Å². The lowest BCUT2D eigenvalue weighted by molar-refractivity contribution is -0.142. The number of ether oxygens (including phenoxy) is 2. The topological polar surface area (TPSA) is 72.8 Å². The Morgan fingerprint density at radius 1 is 1.40 bits per heavy atom. The SMILES string of the molecule is CCOC(=O)Cc1csc(NN=Cc2c(F)cc(F)c(OC)c2F)n1. The van der Waals surface area contributed by atoms with E-state index in [1.165, 1.54) is 0 Å². The van der Waals surface area contributed by atoms with Crippen LogP contribution in [0, 0.1) is 17.5 Å². The van der Waals surface area contributed by atoms with Crippen molar-refractivity contribution in [3.8, 4) is 5.75 Å². The number of methoxy groups -OCH3 is 1. The fourth-order valence-corrected chi connectivity index (χ4v) is 2.50. The number of halogens is 3. The zero-order valence-electron chi connectivity index (χ0n) is 13.3. The standard InChI is InChI=1S/C15H14F3N3O3S/c1-3-24-12(22)4-8-7-25-15(20-8)21-19-6-9-10(16)5-11(17)14(23-2)13(9)18/h5-7H,3-4H2,1-2H3,(H,20,21). The van der Waals surface area contributed by atoms with Gasteiger partial charge in [0.1, 0.15) is 5.82 Å². The van der Waals surface area contributed by atoms with Crippen molar-refractivity contribution >= 4 is 28.7 Å². The van der Waals surface area contributed by atoms with Crippen molar-refractivity contribution in [3.63, 3.8) is 0 Å². The van der Waals surface area contributed by atoms with Crippen LogP contribution in [0.1, 0.15) is 18.2 Å². The zero-order valence-corrected chi connectivity index (χ0v) is 14.1. The van der Waals surface area contributed by atoms with Gasteiger partial charge in [-0.3, -0.25) is 10.2 Å². The molecule has 25 heavy (non-hydrogen) atoms. The number of nitrogens with zero attached hydrogens (tertiary/aromatic N) is 2. The first-order chi connectivity index (χ1) is 12.0. The molecule has 1 N–H and O–H groups in total. The minimum absolute atomic E-state index is 0.00809. The zero-order chi connectivity index (χ0) is 18.4. The number of rotatable bonds is 7. The van der Waals surface area contributed by atoms with Gasteiger partial charge in [0.2, 0.25) is 5.13 Å². The van der Waals surface area contributed by atoms with Crippen molar-refractivity contribution in [3.05, 3.63) is 40.2 Å². The molecule has 1 heterocycles. The van der Waals surface area contributed by atoms with Gasteiger partial charge >= 0.3 is 5.97 Å². The summed E-state index contributed by atoms with van der Waals surface area (Å²) in [5.74, 6) is -4.58. The van der Waals surface area contributed by atoms with E-state index in [1.54, 1.807) is 12.3 Å². The van der Waals surface area contributed by atoms with E-state index in [9.17, 15) is 18.0 Å². The van der Waals surface area contributed by atoms with E-state index in [1.807, 2.05) is 0 Å². The molecule has 134 valence electrons. The summed E-state index contributed by atoms with van der Waals surface area (Å²) in [6, 6.07) is 0.504. The largest absolute Gasteiger partial charge is 0.491 e. The van der Waals surface area contributed by atoms with Crippen LogP contribution < -0.4 is 10.2 Å². The molecule has 0 atom stereocenters. The molecule has 2 aromatic rings. The second-order valence-electron chi connectivity index (χ2n) is 4.60. The summed E-state index contributed by atoms with van der Waals surface area (Å²) < 4.78 is 50.3. The van der Waals surface area contributed by atoms with E-state index >= 15 is 0 Å². The molecule has 0 spiro atoms. The number of benzene rings is 1. The van der Waals surface area contributed by atoms with E-state index < -0.39 is 34.7 Å². The number of hydrazone groups is 1. The minimum atomic E-state index is -1.20. The third kappa shape index (κ3) is 4.69. The summed E-state index contributed by atoms with van der Waals surface area (Å²) in [6.45, 7) is 1.97. The highest BCUT2D eigenvalue weighted by atomic mass is 32.1. The quantitative estimate of drug-likeness (QED) is 0.459. The number of thiazole rings is 1. The Hall–Kier alpha value is -2.62. The Balaban J connectivity index is 2.07. The van der Waals surface area contributed by atoms with Crippen LogP contribution in [0.25, 0.3) is 0 Å². The Morgan fingerprint density at radius 3 is 2.84 bits per heavy atom. The van der Waals surface area contributed by atoms with E-state index in [-0.39, 0.29) is 13.0 Å². The van der Waals surface area contributed by atoms with Crippen molar-refractivity contribution < 1.29 is 27.4 Å². The van der Waals surface area contributed by atoms with E-state index in [2.05, 4.69) is 20.2 Å². The first-order valence-electron chi connectivity index (χ1n) is 7.06. The van der Waals surface area contributed by atoms with Gasteiger partial charge in [-0.2, -0.15) is 5.10 Å². The van der Waals surface area contributed by atoms with Crippen LogP contribution in [0.5, 0.6) is 5.75 Å². The highest BCUT2D eigenvalue weighted by molar-refractivity contribution is 7.13. The predicted molar refractivity (Wildman–Crippen MR) is 86.5 cm³/mol. The first-order valence-corrected chi connectivity index (χ1v) is 7.94. The Morgan fingerprint density at radius 2 is 2.16 bits per heavy atom. The number of anilines is 1. The van der Waals surface area contributed by atoms with Crippen molar-refractivity contribution in [2.75, 3.05) is 19.1 Å². The van der Waals surface area contributed by atoms with Crippen molar-refractivity contribution in [2.24, 2.45) is 5.10 Å². The summed E-state index contributed by atoms with van der Waals surface area (Å²) >= 11 is 1.15. The molecular formula is C15H14F3N3O3S. The number of esters is 1. The number of hydrogen-bond acceptors (Lipinski definition) is 7. The summed E-state index contributed by atoms with van der Waals surface area (Å²) in [4.78, 5) is 15.4. The summed E-state index contributed by atoms with van der Waals surface area (Å²) in [5, 5.41) is 5.60. The molecule has 2 rings (SSSR count). The molecule has 0 bridgehead atoms. The third-order valence-corrected chi connectivity index (χ3v) is 3.70. The Kier molecular flexibility index (Phi) is 6.34. The fourth-order valence-electron chi connectivity index (χ4n) is 1.84. The van der Waals surface area contributed by atoms with Crippen molar-refractivity contribution in [1.29, 1.82) is 0 Å². The fraction of sp³-hybridized carbons (Fsp3) is 0.267. The molecule has 1 aromatic heterocycles. The monoisotopic (exact) mass is 373 g/mol. The van der Waals surface area contributed by atoms with Crippen molar-refractivity contribution in [2.45, 2.75) is 13.3 Å². The highest BCUT2D eigenvalue weighted by Crippen LogP contribution is 2.26. The molecule has 0 aliphatic carbocycles. The van der Waals surface area contributed by atoms with Gasteiger partial charge in [-0.15, -0.1) is 11.3 Å². The lowest BCUT2D eigenvalue weighted by atomic mass is 10.2. The lowest BCUT2D eigenvalue weighted by Crippen LogP contribution is -2.07. The lowest BCUT2D eigenvalue weighted by Gasteiger charge is -2.06. The van der Waals surface area contributed by atoms with Gasteiger partial charge < -0.3 is 9.47 Å². The van der Waals surface area contributed by atoms with Gasteiger partial charge in [0.05, 0.1) is 37.6 Å². The number of nitrogens with one attached hydrogen (secondary N) is 1. The Bertz CT molecular complexity index is 796. The molecule has 0 aliphatic rings. The number of carbonyl (C=O) groups is 1. The molecule has 0 saturated heterocycles. The van der Waals surface area contributed by atoms with Gasteiger partial charge in [0.25, 0.3) is 0 Å². The number of aromatic nitrogens is 1. The minimum Gasteiger partial charge on any atom is -0.491 e. The first kappa shape index (κ1) is 18.7. The van der Waals surface area contributed by atoms with Gasteiger partial charge in [0.15, 0.2) is 17.4 Å². The molecule has 10 heteroatoms. The molecule has 0 amide bonds. The second-order valence-corrected chi connectivity index (χ2v) is 5.46. The molecule has 0 saturated carbocycles. The predicted octanol–water partition coefficient (Wildman–Crippen LogP) is 3.12. The number of carbonyl (C=O) groups excluding carboxylic acids is 1. The van der Waals surface area contributed by atoms with E-state index in [0.717, 1.165) is 24.7 Å². The van der Waals surface area contributed by atoms with Gasteiger partial charge in [-0.1, -0.05) is 0 Å². The molecule has 0 aliphatic heterocycles. The number of hydrogen-bond donors (Lipinski definition) is 1. The molecule has 6 nitrogen and oxygen atoms in total. The van der Waals surface area contributed by atoms with Crippen LogP contribution in [0.3, 0.4) is 0 Å².